The van der Waals surface area contributed by atoms with Gasteiger partial charge < -0.3 is 1.43 Å². The van der Waals surface area contributed by atoms with Gasteiger partial charge in [-0.05, 0) is 16.7 Å². The zero-order valence-electron chi connectivity index (χ0n) is 9.54. The standard InChI is InChI=1S/C11H13Si.Na.H/c1-12(2)11-8-7-9-5-3-4-6-10(9)11;;/h3-8,11H,1-2H3;;/q;+1;-1. The van der Waals surface area contributed by atoms with Gasteiger partial charge in [0, 0.05) is 0 Å². The first-order valence-electron chi connectivity index (χ1n) is 4.36. The maximum absolute atomic E-state index is 2.38. The number of fused-ring (bicyclic) bond motifs is 1. The Hall–Kier alpha value is 0.177. The summed E-state index contributed by atoms with van der Waals surface area (Å²) in [6.07, 6.45) is 4.62. The molecule has 0 saturated heterocycles. The van der Waals surface area contributed by atoms with Gasteiger partial charge in [0.15, 0.2) is 0 Å². The van der Waals surface area contributed by atoms with Crippen LogP contribution in [0.25, 0.3) is 6.08 Å². The normalized spacial score (nSPS) is 18.5. The molecule has 0 spiro atoms. The van der Waals surface area contributed by atoms with E-state index < -0.39 is 0 Å². The summed E-state index contributed by atoms with van der Waals surface area (Å²) in [6.45, 7) is 4.75. The van der Waals surface area contributed by atoms with Crippen LogP contribution in [-0.4, -0.2) is 8.80 Å². The monoisotopic (exact) mass is 197 g/mol. The van der Waals surface area contributed by atoms with Crippen molar-refractivity contribution in [1.29, 1.82) is 0 Å². The predicted molar refractivity (Wildman–Crippen MR) is 56.8 cm³/mol. The van der Waals surface area contributed by atoms with Gasteiger partial charge in [-0.15, -0.1) is 0 Å². The van der Waals surface area contributed by atoms with Crippen molar-refractivity contribution in [2.24, 2.45) is 0 Å². The molecule has 0 saturated carbocycles. The number of rotatable bonds is 1. The average Bonchev–Trinajstić information content (AvgIpc) is 2.47. The summed E-state index contributed by atoms with van der Waals surface area (Å²) >= 11 is 0. The van der Waals surface area contributed by atoms with E-state index in [2.05, 4.69) is 49.5 Å². The third kappa shape index (κ3) is 2.16. The van der Waals surface area contributed by atoms with E-state index in [0.29, 0.717) is 0 Å². The molecular weight excluding hydrogens is 183 g/mol. The van der Waals surface area contributed by atoms with E-state index >= 15 is 0 Å². The van der Waals surface area contributed by atoms with Gasteiger partial charge in [0.1, 0.15) is 0 Å². The molecule has 0 aliphatic heterocycles. The Morgan fingerprint density at radius 3 is 2.62 bits per heavy atom. The van der Waals surface area contributed by atoms with E-state index in [1.54, 1.807) is 0 Å². The molecule has 0 nitrogen and oxygen atoms in total. The molecule has 0 amide bonds. The summed E-state index contributed by atoms with van der Waals surface area (Å²) in [5.41, 5.74) is 3.70. The van der Waals surface area contributed by atoms with E-state index in [-0.39, 0.29) is 39.8 Å². The van der Waals surface area contributed by atoms with Crippen LogP contribution in [0.15, 0.2) is 30.3 Å². The molecule has 13 heavy (non-hydrogen) atoms. The predicted octanol–water partition coefficient (Wildman–Crippen LogP) is 0.207. The third-order valence-electron chi connectivity index (χ3n) is 2.42. The molecular formula is C11H14NaSi. The second-order valence-corrected chi connectivity index (χ2v) is 6.32. The molecule has 1 atom stereocenters. The maximum atomic E-state index is 2.38. The second kappa shape index (κ2) is 4.60. The summed E-state index contributed by atoms with van der Waals surface area (Å²) in [5.74, 6) is 0. The van der Waals surface area contributed by atoms with E-state index in [1.165, 1.54) is 11.1 Å². The van der Waals surface area contributed by atoms with Gasteiger partial charge in [-0.1, -0.05) is 49.5 Å². The molecule has 1 aliphatic carbocycles. The van der Waals surface area contributed by atoms with Crippen molar-refractivity contribution in [3.63, 3.8) is 0 Å². The van der Waals surface area contributed by atoms with Crippen molar-refractivity contribution < 1.29 is 31.0 Å². The summed E-state index contributed by atoms with van der Waals surface area (Å²) in [6, 6.07) is 8.72. The van der Waals surface area contributed by atoms with Gasteiger partial charge in [0.2, 0.25) is 0 Å². The number of benzene rings is 1. The zero-order chi connectivity index (χ0) is 8.55. The van der Waals surface area contributed by atoms with Gasteiger partial charge in [0.05, 0.1) is 8.80 Å². The smallest absolute Gasteiger partial charge is 1.00 e. The number of allylic oxidation sites excluding steroid dienone is 1. The van der Waals surface area contributed by atoms with Crippen LogP contribution < -0.4 is 29.6 Å². The summed E-state index contributed by atoms with van der Waals surface area (Å²) in [4.78, 5) is 0. The van der Waals surface area contributed by atoms with Crippen molar-refractivity contribution in [3.8, 4) is 0 Å². The summed E-state index contributed by atoms with van der Waals surface area (Å²) in [5, 5.41) is 0. The van der Waals surface area contributed by atoms with E-state index in [9.17, 15) is 0 Å². The molecule has 0 bridgehead atoms. The third-order valence-corrected chi connectivity index (χ3v) is 4.17. The molecule has 0 N–H and O–H groups in total. The second-order valence-electron chi connectivity index (χ2n) is 3.54. The average molecular weight is 197 g/mol. The van der Waals surface area contributed by atoms with Crippen LogP contribution in [0, 0.1) is 0 Å². The van der Waals surface area contributed by atoms with E-state index in [0.717, 1.165) is 5.54 Å². The fourth-order valence-corrected chi connectivity index (χ4v) is 3.12. The van der Waals surface area contributed by atoms with Gasteiger partial charge in [0.25, 0.3) is 0 Å². The van der Waals surface area contributed by atoms with Gasteiger partial charge in [-0.25, -0.2) is 0 Å². The largest absolute Gasteiger partial charge is 1.00 e. The van der Waals surface area contributed by atoms with Crippen LogP contribution in [0.4, 0.5) is 0 Å². The molecule has 1 aliphatic rings. The Bertz CT molecular complexity index is 323. The Kier molecular flexibility index (Phi) is 3.99. The Morgan fingerprint density at radius 1 is 1.23 bits per heavy atom. The molecule has 2 heteroatoms. The first-order chi connectivity index (χ1) is 5.79. The van der Waals surface area contributed by atoms with Crippen LogP contribution in [0.3, 0.4) is 0 Å². The van der Waals surface area contributed by atoms with Crippen LogP contribution in [0.1, 0.15) is 18.1 Å². The minimum Gasteiger partial charge on any atom is -1.00 e. The summed E-state index contributed by atoms with van der Waals surface area (Å²) < 4.78 is 0. The van der Waals surface area contributed by atoms with Crippen molar-refractivity contribution in [2.45, 2.75) is 18.6 Å². The van der Waals surface area contributed by atoms with Gasteiger partial charge in [-0.3, -0.25) is 0 Å². The molecule has 0 fully saturated rings. The molecule has 2 rings (SSSR count). The molecule has 0 heterocycles. The number of hydrogen-bond acceptors (Lipinski definition) is 0. The van der Waals surface area contributed by atoms with Crippen molar-refractivity contribution in [2.75, 3.05) is 0 Å². The fraction of sp³-hybridized carbons (Fsp3) is 0.273. The van der Waals surface area contributed by atoms with Crippen LogP contribution in [0.5, 0.6) is 0 Å². The fourth-order valence-electron chi connectivity index (χ4n) is 1.75. The first-order valence-corrected chi connectivity index (χ1v) is 6.94. The maximum Gasteiger partial charge on any atom is 1.00 e. The van der Waals surface area contributed by atoms with Gasteiger partial charge >= 0.3 is 29.6 Å². The summed E-state index contributed by atoms with van der Waals surface area (Å²) in [7, 11) is -0.211. The van der Waals surface area contributed by atoms with Crippen LogP contribution in [0.2, 0.25) is 13.1 Å². The van der Waals surface area contributed by atoms with E-state index in [4.69, 9.17) is 0 Å². The van der Waals surface area contributed by atoms with Crippen molar-refractivity contribution in [1.82, 2.24) is 0 Å². The molecule has 1 radical (unpaired) electrons. The quantitative estimate of drug-likeness (QED) is 0.565. The topological polar surface area (TPSA) is 0 Å². The van der Waals surface area contributed by atoms with Crippen molar-refractivity contribution >= 4 is 14.9 Å². The first kappa shape index (κ1) is 11.3. The Morgan fingerprint density at radius 2 is 1.92 bits per heavy atom. The van der Waals surface area contributed by atoms with Crippen LogP contribution >= 0.6 is 0 Å². The zero-order valence-corrected chi connectivity index (χ0v) is 11.5. The Labute approximate surface area is 105 Å². The van der Waals surface area contributed by atoms with E-state index in [1.807, 2.05) is 0 Å². The number of hydrogen-bond donors (Lipinski definition) is 0. The molecule has 63 valence electrons. The minimum atomic E-state index is -0.211. The van der Waals surface area contributed by atoms with Crippen LogP contribution in [-0.2, 0) is 0 Å². The Balaban J connectivity index is 0.000000845. The molecule has 1 aromatic carbocycles. The van der Waals surface area contributed by atoms with Gasteiger partial charge in [-0.2, -0.15) is 0 Å². The molecule has 1 aromatic rings. The molecule has 1 unspecified atom stereocenters. The SMILES string of the molecule is C[Si](C)C1C=Cc2ccccc21.[H-].[Na+]. The van der Waals surface area contributed by atoms with Crippen molar-refractivity contribution in [3.05, 3.63) is 41.5 Å². The minimum absolute atomic E-state index is 0. The molecule has 0 aromatic heterocycles.